The van der Waals surface area contributed by atoms with Crippen molar-refractivity contribution < 1.29 is 14.3 Å². The predicted molar refractivity (Wildman–Crippen MR) is 82.5 cm³/mol. The molecule has 7 heteroatoms. The van der Waals surface area contributed by atoms with Gasteiger partial charge in [0.05, 0.1) is 5.02 Å². The van der Waals surface area contributed by atoms with E-state index in [-0.39, 0.29) is 25.0 Å². The third kappa shape index (κ3) is 3.98. The van der Waals surface area contributed by atoms with Gasteiger partial charge in [0, 0.05) is 30.1 Å². The van der Waals surface area contributed by atoms with E-state index in [1.807, 2.05) is 13.8 Å². The largest absolute Gasteiger partial charge is 0.459 e. The van der Waals surface area contributed by atoms with Gasteiger partial charge in [-0.05, 0) is 12.5 Å². The highest BCUT2D eigenvalue weighted by Crippen LogP contribution is 2.18. The molecule has 0 bridgehead atoms. The Bertz CT molecular complexity index is 684. The minimum Gasteiger partial charge on any atom is -0.459 e. The number of carbonyl (C=O) groups is 2. The lowest BCUT2D eigenvalue weighted by Crippen LogP contribution is -2.34. The molecule has 1 amide bonds. The lowest BCUT2D eigenvalue weighted by atomic mass is 10.1. The Balaban J connectivity index is 1.86. The number of halogens is 1. The Hall–Kier alpha value is -2.08. The minimum atomic E-state index is -0.487. The van der Waals surface area contributed by atoms with Gasteiger partial charge in [0.25, 0.3) is 0 Å². The second-order valence-electron chi connectivity index (χ2n) is 5.04. The Morgan fingerprint density at radius 2 is 2.27 bits per heavy atom. The van der Waals surface area contributed by atoms with Gasteiger partial charge in [0.1, 0.15) is 13.2 Å². The molecule has 118 valence electrons. The molecule has 0 aliphatic rings. The number of nitrogens with one attached hydrogen (secondary N) is 1. The zero-order valence-corrected chi connectivity index (χ0v) is 13.3. The SMILES string of the molecule is CC[C@@H](C)C(=O)NCC(=O)OCc1cc(Cl)c2nccn2c1. The van der Waals surface area contributed by atoms with Gasteiger partial charge in [-0.3, -0.25) is 9.59 Å². The number of amides is 1. The van der Waals surface area contributed by atoms with Crippen LogP contribution in [0.2, 0.25) is 5.02 Å². The van der Waals surface area contributed by atoms with E-state index in [1.165, 1.54) is 0 Å². The molecule has 0 fully saturated rings. The summed E-state index contributed by atoms with van der Waals surface area (Å²) in [5.41, 5.74) is 1.40. The van der Waals surface area contributed by atoms with Crippen LogP contribution in [0.1, 0.15) is 25.8 Å². The van der Waals surface area contributed by atoms with Crippen LogP contribution in [0.4, 0.5) is 0 Å². The Kier molecular flexibility index (Phi) is 5.38. The van der Waals surface area contributed by atoms with Crippen LogP contribution in [-0.4, -0.2) is 27.8 Å². The van der Waals surface area contributed by atoms with Gasteiger partial charge in [0.15, 0.2) is 5.65 Å². The highest BCUT2D eigenvalue weighted by atomic mass is 35.5. The molecule has 1 N–H and O–H groups in total. The van der Waals surface area contributed by atoms with E-state index in [4.69, 9.17) is 16.3 Å². The monoisotopic (exact) mass is 323 g/mol. The number of pyridine rings is 1. The number of hydrogen-bond acceptors (Lipinski definition) is 4. The smallest absolute Gasteiger partial charge is 0.325 e. The summed E-state index contributed by atoms with van der Waals surface area (Å²) < 4.78 is 6.89. The molecule has 2 aromatic rings. The van der Waals surface area contributed by atoms with Crippen LogP contribution in [0.3, 0.4) is 0 Å². The first-order chi connectivity index (χ1) is 10.5. The van der Waals surface area contributed by atoms with E-state index in [9.17, 15) is 9.59 Å². The van der Waals surface area contributed by atoms with Crippen LogP contribution < -0.4 is 5.32 Å². The van der Waals surface area contributed by atoms with Crippen LogP contribution >= 0.6 is 11.6 Å². The summed E-state index contributed by atoms with van der Waals surface area (Å²) in [6.45, 7) is 3.68. The van der Waals surface area contributed by atoms with Crippen LogP contribution in [0.25, 0.3) is 5.65 Å². The predicted octanol–water partition coefficient (Wildman–Crippen LogP) is 2.19. The first-order valence-corrected chi connectivity index (χ1v) is 7.43. The second-order valence-corrected chi connectivity index (χ2v) is 5.45. The number of nitrogens with zero attached hydrogens (tertiary/aromatic N) is 2. The third-order valence-corrected chi connectivity index (χ3v) is 3.64. The molecule has 0 aromatic carbocycles. The van der Waals surface area contributed by atoms with Gasteiger partial charge < -0.3 is 14.5 Å². The van der Waals surface area contributed by atoms with Gasteiger partial charge in [-0.25, -0.2) is 4.98 Å². The fourth-order valence-corrected chi connectivity index (χ4v) is 2.14. The number of ether oxygens (including phenoxy) is 1. The van der Waals surface area contributed by atoms with Crippen LogP contribution in [0, 0.1) is 5.92 Å². The third-order valence-electron chi connectivity index (χ3n) is 3.37. The van der Waals surface area contributed by atoms with Gasteiger partial charge in [-0.15, -0.1) is 0 Å². The summed E-state index contributed by atoms with van der Waals surface area (Å²) in [6.07, 6.45) is 5.92. The summed E-state index contributed by atoms with van der Waals surface area (Å²) >= 11 is 6.09. The van der Waals surface area contributed by atoms with E-state index in [0.717, 1.165) is 12.0 Å². The number of fused-ring (bicyclic) bond motifs is 1. The van der Waals surface area contributed by atoms with Crippen molar-refractivity contribution in [3.8, 4) is 0 Å². The standard InChI is InChI=1S/C15H18ClN3O3/c1-3-10(2)15(21)18-7-13(20)22-9-11-6-12(16)14-17-4-5-19(14)8-11/h4-6,8,10H,3,7,9H2,1-2H3,(H,18,21)/t10-/m1/s1. The lowest BCUT2D eigenvalue weighted by Gasteiger charge is -2.10. The molecule has 2 rings (SSSR count). The van der Waals surface area contributed by atoms with E-state index in [2.05, 4.69) is 10.3 Å². The number of hydrogen-bond donors (Lipinski definition) is 1. The number of esters is 1. The topological polar surface area (TPSA) is 72.7 Å². The van der Waals surface area contributed by atoms with Crippen LogP contribution in [-0.2, 0) is 20.9 Å². The molecule has 1 atom stereocenters. The fourth-order valence-electron chi connectivity index (χ4n) is 1.86. The van der Waals surface area contributed by atoms with Crippen molar-refractivity contribution in [2.45, 2.75) is 26.9 Å². The van der Waals surface area contributed by atoms with E-state index in [0.29, 0.717) is 10.7 Å². The Morgan fingerprint density at radius 1 is 1.50 bits per heavy atom. The Morgan fingerprint density at radius 3 is 3.00 bits per heavy atom. The molecule has 6 nitrogen and oxygen atoms in total. The second kappa shape index (κ2) is 7.26. The van der Waals surface area contributed by atoms with Crippen molar-refractivity contribution in [1.29, 1.82) is 0 Å². The van der Waals surface area contributed by atoms with Crippen molar-refractivity contribution in [3.05, 3.63) is 35.2 Å². The number of aromatic nitrogens is 2. The van der Waals surface area contributed by atoms with Crippen molar-refractivity contribution in [2.24, 2.45) is 5.92 Å². The summed E-state index contributed by atoms with van der Waals surface area (Å²) in [7, 11) is 0. The van der Waals surface area contributed by atoms with Gasteiger partial charge in [0.2, 0.25) is 5.91 Å². The Labute approximate surface area is 133 Å². The molecule has 22 heavy (non-hydrogen) atoms. The maximum absolute atomic E-state index is 11.6. The van der Waals surface area contributed by atoms with Gasteiger partial charge >= 0.3 is 5.97 Å². The van der Waals surface area contributed by atoms with Gasteiger partial charge in [-0.1, -0.05) is 25.4 Å². The first kappa shape index (κ1) is 16.3. The van der Waals surface area contributed by atoms with Gasteiger partial charge in [-0.2, -0.15) is 0 Å². The molecule has 2 aromatic heterocycles. The normalized spacial score (nSPS) is 12.1. The lowest BCUT2D eigenvalue weighted by molar-refractivity contribution is -0.145. The van der Waals surface area contributed by atoms with Crippen molar-refractivity contribution in [3.63, 3.8) is 0 Å². The molecular formula is C15H18ClN3O3. The van der Waals surface area contributed by atoms with Crippen molar-refractivity contribution >= 4 is 29.1 Å². The maximum atomic E-state index is 11.6. The van der Waals surface area contributed by atoms with E-state index >= 15 is 0 Å². The average molecular weight is 324 g/mol. The zero-order chi connectivity index (χ0) is 16.1. The number of rotatable bonds is 6. The molecular weight excluding hydrogens is 306 g/mol. The first-order valence-electron chi connectivity index (χ1n) is 7.05. The summed E-state index contributed by atoms with van der Waals surface area (Å²) in [6, 6.07) is 1.70. The zero-order valence-electron chi connectivity index (χ0n) is 12.5. The van der Waals surface area contributed by atoms with E-state index < -0.39 is 5.97 Å². The summed E-state index contributed by atoms with van der Waals surface area (Å²) in [5, 5.41) is 3.04. The fraction of sp³-hybridized carbons (Fsp3) is 0.400. The maximum Gasteiger partial charge on any atom is 0.325 e. The summed E-state index contributed by atoms with van der Waals surface area (Å²) in [4.78, 5) is 27.3. The molecule has 0 saturated carbocycles. The molecule has 0 spiro atoms. The quantitative estimate of drug-likeness (QED) is 0.827. The average Bonchev–Trinajstić information content (AvgIpc) is 2.98. The molecule has 0 saturated heterocycles. The number of carbonyl (C=O) groups excluding carboxylic acids is 2. The molecule has 0 radical (unpaired) electrons. The molecule has 0 aliphatic heterocycles. The highest BCUT2D eigenvalue weighted by Gasteiger charge is 2.12. The van der Waals surface area contributed by atoms with E-state index in [1.54, 1.807) is 29.1 Å². The molecule has 2 heterocycles. The van der Waals surface area contributed by atoms with Crippen molar-refractivity contribution in [2.75, 3.05) is 6.54 Å². The molecule has 0 aliphatic carbocycles. The highest BCUT2D eigenvalue weighted by molar-refractivity contribution is 6.33. The van der Waals surface area contributed by atoms with Crippen molar-refractivity contribution in [1.82, 2.24) is 14.7 Å². The van der Waals surface area contributed by atoms with Crippen LogP contribution in [0.5, 0.6) is 0 Å². The van der Waals surface area contributed by atoms with Crippen LogP contribution in [0.15, 0.2) is 24.7 Å². The minimum absolute atomic E-state index is 0.0892. The number of imidazole rings is 1. The molecule has 0 unspecified atom stereocenters. The summed E-state index contributed by atoms with van der Waals surface area (Å²) in [5.74, 6) is -0.754.